The van der Waals surface area contributed by atoms with Crippen molar-refractivity contribution in [3.63, 3.8) is 0 Å². The lowest BCUT2D eigenvalue weighted by Gasteiger charge is -2.34. The zero-order valence-electron chi connectivity index (χ0n) is 18.9. The van der Waals surface area contributed by atoms with Gasteiger partial charge in [-0.15, -0.1) is 11.8 Å². The van der Waals surface area contributed by atoms with Gasteiger partial charge < -0.3 is 26.4 Å². The average Bonchev–Trinajstić information content (AvgIpc) is 2.80. The van der Waals surface area contributed by atoms with Crippen molar-refractivity contribution in [2.24, 2.45) is 0 Å². The second-order valence-electron chi connectivity index (χ2n) is 9.38. The number of hydrogen-bond donors (Lipinski definition) is 5. The van der Waals surface area contributed by atoms with Crippen LogP contribution in [0.1, 0.15) is 69.2 Å². The molecule has 3 aliphatic rings. The lowest BCUT2D eigenvalue weighted by atomic mass is 9.89. The number of aliphatic hydroxyl groups excluding tert-OH is 1. The third kappa shape index (κ3) is 7.14. The summed E-state index contributed by atoms with van der Waals surface area (Å²) in [5.74, 6) is 0.948. The summed E-state index contributed by atoms with van der Waals surface area (Å²) in [5.41, 5.74) is 2.28. The largest absolute Gasteiger partial charge is 0.396 e. The quantitative estimate of drug-likeness (QED) is 0.358. The van der Waals surface area contributed by atoms with Gasteiger partial charge in [0.25, 0.3) is 0 Å². The van der Waals surface area contributed by atoms with Crippen LogP contribution in [-0.2, 0) is 13.1 Å². The number of rotatable bonds is 4. The smallest absolute Gasteiger partial charge is 0.0556 e. The van der Waals surface area contributed by atoms with Gasteiger partial charge in [-0.25, -0.2) is 0 Å². The zero-order valence-corrected chi connectivity index (χ0v) is 19.7. The van der Waals surface area contributed by atoms with E-state index in [0.29, 0.717) is 24.2 Å². The van der Waals surface area contributed by atoms with E-state index in [2.05, 4.69) is 33.4 Å². The molecule has 6 nitrogen and oxygen atoms in total. The summed E-state index contributed by atoms with van der Waals surface area (Å²) in [5, 5.41) is 24.5. The van der Waals surface area contributed by atoms with Gasteiger partial charge in [-0.1, -0.05) is 25.7 Å². The number of aliphatic hydroxyl groups is 1. The zero-order chi connectivity index (χ0) is 21.3. The van der Waals surface area contributed by atoms with Crippen molar-refractivity contribution >= 4 is 11.8 Å². The highest BCUT2D eigenvalue weighted by atomic mass is 32.2. The summed E-state index contributed by atoms with van der Waals surface area (Å²) < 4.78 is 0. The Bertz CT molecular complexity index is 627. The molecule has 7 heteroatoms. The van der Waals surface area contributed by atoms with Crippen LogP contribution >= 0.6 is 11.8 Å². The van der Waals surface area contributed by atoms with Gasteiger partial charge in [-0.05, 0) is 44.2 Å². The molecule has 2 bridgehead atoms. The minimum absolute atomic E-state index is 0.257. The van der Waals surface area contributed by atoms with E-state index in [-0.39, 0.29) is 6.61 Å². The summed E-state index contributed by atoms with van der Waals surface area (Å²) in [6.45, 7) is 4.00. The van der Waals surface area contributed by atoms with Gasteiger partial charge in [0.1, 0.15) is 0 Å². The van der Waals surface area contributed by atoms with Crippen LogP contribution in [0.3, 0.4) is 0 Å². The predicted molar refractivity (Wildman–Crippen MR) is 128 cm³/mol. The van der Waals surface area contributed by atoms with Crippen molar-refractivity contribution in [2.45, 2.75) is 99.9 Å². The molecular formula is C24H41N5OS. The van der Waals surface area contributed by atoms with E-state index in [4.69, 9.17) is 10.1 Å². The predicted octanol–water partition coefficient (Wildman–Crippen LogP) is 2.55. The van der Waals surface area contributed by atoms with Crippen LogP contribution in [-0.4, -0.2) is 59.7 Å². The summed E-state index contributed by atoms with van der Waals surface area (Å²) >= 11 is 1.84. The van der Waals surface area contributed by atoms with E-state index < -0.39 is 0 Å². The van der Waals surface area contributed by atoms with Gasteiger partial charge in [0.15, 0.2) is 0 Å². The van der Waals surface area contributed by atoms with Gasteiger partial charge in [-0.2, -0.15) is 0 Å². The molecule has 0 aromatic carbocycles. The molecular weight excluding hydrogens is 406 g/mol. The highest BCUT2D eigenvalue weighted by Gasteiger charge is 2.26. The van der Waals surface area contributed by atoms with Crippen molar-refractivity contribution in [3.8, 4) is 0 Å². The molecule has 5 N–H and O–H groups in total. The Kier molecular flexibility index (Phi) is 9.47. The van der Waals surface area contributed by atoms with Crippen molar-refractivity contribution in [1.82, 2.24) is 26.3 Å². The van der Waals surface area contributed by atoms with Crippen molar-refractivity contribution < 1.29 is 5.11 Å². The fourth-order valence-corrected chi connectivity index (χ4v) is 6.31. The minimum atomic E-state index is 0.257. The standard InChI is InChI=1S/C24H41N5OS/c30-12-5-13-31-20-14-18-16-27-23-8-3-1-6-21(23)25-10-11-26-22-7-2-4-9-24(22)28-17-19(15-20)29-18/h14-15,21-28,30H,1-13,16-17H2/t21-,22?,23-,24?/m1/s1. The van der Waals surface area contributed by atoms with E-state index in [9.17, 15) is 0 Å². The molecule has 1 aromatic heterocycles. The van der Waals surface area contributed by atoms with Gasteiger partial charge in [-0.3, -0.25) is 4.98 Å². The van der Waals surface area contributed by atoms with Crippen LogP contribution in [0.15, 0.2) is 17.0 Å². The SMILES string of the molecule is OCCCSc1cc2nc(c1)CN[C@@H]1CCCC[C@H]1NCCNC1CCCCC1NC2. The topological polar surface area (TPSA) is 81.2 Å². The molecule has 2 saturated carbocycles. The molecule has 1 aliphatic heterocycles. The Morgan fingerprint density at radius 3 is 1.74 bits per heavy atom. The van der Waals surface area contributed by atoms with Crippen molar-refractivity contribution in [3.05, 3.63) is 23.5 Å². The Balaban J connectivity index is 1.51. The molecule has 2 unspecified atom stereocenters. The lowest BCUT2D eigenvalue weighted by Crippen LogP contribution is -2.53. The average molecular weight is 448 g/mol. The highest BCUT2D eigenvalue weighted by Crippen LogP contribution is 2.24. The first-order valence-corrected chi connectivity index (χ1v) is 13.5. The molecule has 174 valence electrons. The van der Waals surface area contributed by atoms with Crippen LogP contribution in [0.4, 0.5) is 0 Å². The molecule has 1 aromatic rings. The number of hydrogen-bond acceptors (Lipinski definition) is 7. The van der Waals surface area contributed by atoms with Gasteiger partial charge in [0.05, 0.1) is 11.4 Å². The highest BCUT2D eigenvalue weighted by molar-refractivity contribution is 7.99. The van der Waals surface area contributed by atoms with E-state index >= 15 is 0 Å². The molecule has 2 aliphatic carbocycles. The lowest BCUT2D eigenvalue weighted by molar-refractivity contribution is 0.266. The molecule has 0 saturated heterocycles. The first-order valence-electron chi connectivity index (χ1n) is 12.5. The van der Waals surface area contributed by atoms with Crippen LogP contribution in [0.25, 0.3) is 0 Å². The number of aromatic nitrogens is 1. The first-order chi connectivity index (χ1) is 15.3. The first kappa shape index (κ1) is 23.5. The maximum Gasteiger partial charge on any atom is 0.0556 e. The maximum absolute atomic E-state index is 9.15. The summed E-state index contributed by atoms with van der Waals surface area (Å²) in [6.07, 6.45) is 11.1. The number of thioether (sulfide) groups is 1. The normalized spacial score (nSPS) is 30.5. The van der Waals surface area contributed by atoms with Crippen LogP contribution in [0.2, 0.25) is 0 Å². The number of nitrogens with zero attached hydrogens (tertiary/aromatic N) is 1. The molecule has 4 atom stereocenters. The van der Waals surface area contributed by atoms with E-state index in [0.717, 1.165) is 49.7 Å². The molecule has 0 amide bonds. The van der Waals surface area contributed by atoms with Gasteiger partial charge in [0, 0.05) is 67.6 Å². The molecule has 0 spiro atoms. The third-order valence-electron chi connectivity index (χ3n) is 7.04. The summed E-state index contributed by atoms with van der Waals surface area (Å²) in [6, 6.07) is 6.65. The van der Waals surface area contributed by atoms with E-state index in [1.165, 1.54) is 56.3 Å². The third-order valence-corrected chi connectivity index (χ3v) is 8.10. The number of fused-ring (bicyclic) bond motifs is 4. The molecule has 2 fully saturated rings. The Morgan fingerprint density at radius 1 is 0.774 bits per heavy atom. The second kappa shape index (κ2) is 12.5. The minimum Gasteiger partial charge on any atom is -0.396 e. The molecule has 31 heavy (non-hydrogen) atoms. The van der Waals surface area contributed by atoms with E-state index in [1.54, 1.807) is 0 Å². The Hall–Kier alpha value is -0.700. The Morgan fingerprint density at radius 2 is 1.26 bits per heavy atom. The molecule has 4 rings (SSSR count). The fraction of sp³-hybridized carbons (Fsp3) is 0.792. The number of nitrogens with one attached hydrogen (secondary N) is 4. The van der Waals surface area contributed by atoms with Crippen LogP contribution < -0.4 is 21.3 Å². The van der Waals surface area contributed by atoms with Crippen molar-refractivity contribution in [1.29, 1.82) is 0 Å². The van der Waals surface area contributed by atoms with Gasteiger partial charge >= 0.3 is 0 Å². The van der Waals surface area contributed by atoms with Gasteiger partial charge in [0.2, 0.25) is 0 Å². The van der Waals surface area contributed by atoms with Crippen molar-refractivity contribution in [2.75, 3.05) is 25.4 Å². The number of pyridine rings is 1. The summed E-state index contributed by atoms with van der Waals surface area (Å²) in [4.78, 5) is 6.30. The Labute approximate surface area is 192 Å². The van der Waals surface area contributed by atoms with Crippen LogP contribution in [0, 0.1) is 0 Å². The van der Waals surface area contributed by atoms with Crippen LogP contribution in [0.5, 0.6) is 0 Å². The maximum atomic E-state index is 9.15. The van der Waals surface area contributed by atoms with E-state index in [1.807, 2.05) is 11.8 Å². The summed E-state index contributed by atoms with van der Waals surface area (Å²) in [7, 11) is 0. The second-order valence-corrected chi connectivity index (χ2v) is 10.5. The fourth-order valence-electron chi connectivity index (χ4n) is 5.36. The molecule has 2 heterocycles. The monoisotopic (exact) mass is 447 g/mol. The molecule has 0 radical (unpaired) electrons.